The molecule has 0 radical (unpaired) electrons. The maximum atomic E-state index is 11.3. The topological polar surface area (TPSA) is 94.4 Å². The Labute approximate surface area is 110 Å². The molecule has 1 saturated heterocycles. The number of oxime groups is 1. The van der Waals surface area contributed by atoms with Crippen molar-refractivity contribution in [2.45, 2.75) is 0 Å². The van der Waals surface area contributed by atoms with Gasteiger partial charge in [0.25, 0.3) is 0 Å². The van der Waals surface area contributed by atoms with Crippen LogP contribution in [0.1, 0.15) is 5.56 Å². The summed E-state index contributed by atoms with van der Waals surface area (Å²) in [5, 5.41) is 23.6. The van der Waals surface area contributed by atoms with Crippen LogP contribution in [0.2, 0.25) is 0 Å². The molecule has 2 amide bonds. The van der Waals surface area contributed by atoms with Crippen molar-refractivity contribution >= 4 is 12.2 Å². The fourth-order valence-corrected chi connectivity index (χ4v) is 1.79. The normalized spacial score (nSPS) is 14.9. The van der Waals surface area contributed by atoms with E-state index < -0.39 is 0 Å². The molecule has 3 N–H and O–H groups in total. The van der Waals surface area contributed by atoms with Gasteiger partial charge in [-0.2, -0.15) is 0 Å². The van der Waals surface area contributed by atoms with Gasteiger partial charge >= 0.3 is 6.03 Å². The Morgan fingerprint density at radius 2 is 2.37 bits per heavy atom. The number of hydrogen-bond donors (Lipinski definition) is 3. The van der Waals surface area contributed by atoms with Crippen molar-refractivity contribution in [3.05, 3.63) is 23.8 Å². The van der Waals surface area contributed by atoms with Crippen molar-refractivity contribution in [2.24, 2.45) is 5.16 Å². The minimum absolute atomic E-state index is 0.0386. The Kier molecular flexibility index (Phi) is 4.07. The lowest BCUT2D eigenvalue weighted by Gasteiger charge is -2.15. The first-order valence-corrected chi connectivity index (χ1v) is 5.87. The highest BCUT2D eigenvalue weighted by molar-refractivity contribution is 5.80. The molecule has 1 aliphatic rings. The number of carbonyl (C=O) groups is 1. The van der Waals surface area contributed by atoms with Crippen LogP contribution in [0.15, 0.2) is 23.4 Å². The third-order valence-electron chi connectivity index (χ3n) is 2.75. The van der Waals surface area contributed by atoms with E-state index in [2.05, 4.69) is 10.5 Å². The number of rotatable bonds is 5. The average molecular weight is 265 g/mol. The number of urea groups is 1. The summed E-state index contributed by atoms with van der Waals surface area (Å²) in [6, 6.07) is 4.56. The van der Waals surface area contributed by atoms with E-state index in [1.165, 1.54) is 12.3 Å². The summed E-state index contributed by atoms with van der Waals surface area (Å²) in [6.45, 7) is 2.08. The van der Waals surface area contributed by atoms with Crippen LogP contribution in [-0.2, 0) is 0 Å². The molecule has 0 spiro atoms. The Morgan fingerprint density at radius 1 is 1.53 bits per heavy atom. The highest BCUT2D eigenvalue weighted by Gasteiger charge is 2.18. The van der Waals surface area contributed by atoms with Gasteiger partial charge in [-0.25, -0.2) is 4.79 Å². The minimum atomic E-state index is -0.0951. The van der Waals surface area contributed by atoms with Crippen LogP contribution in [0.3, 0.4) is 0 Å². The third kappa shape index (κ3) is 3.27. The van der Waals surface area contributed by atoms with E-state index >= 15 is 0 Å². The lowest BCUT2D eigenvalue weighted by atomic mass is 10.2. The molecule has 1 aliphatic heterocycles. The van der Waals surface area contributed by atoms with Crippen LogP contribution >= 0.6 is 0 Å². The van der Waals surface area contributed by atoms with Crippen LogP contribution in [0.5, 0.6) is 11.5 Å². The first-order chi connectivity index (χ1) is 9.20. The zero-order valence-electron chi connectivity index (χ0n) is 10.2. The van der Waals surface area contributed by atoms with Gasteiger partial charge < -0.3 is 25.3 Å². The molecule has 2 rings (SSSR count). The van der Waals surface area contributed by atoms with E-state index in [-0.39, 0.29) is 11.8 Å². The van der Waals surface area contributed by atoms with Crippen molar-refractivity contribution < 1.29 is 19.8 Å². The zero-order valence-corrected chi connectivity index (χ0v) is 10.2. The minimum Gasteiger partial charge on any atom is -0.504 e. The second-order valence-electron chi connectivity index (χ2n) is 4.04. The molecule has 0 unspecified atom stereocenters. The number of ether oxygens (including phenoxy) is 1. The number of nitrogens with zero attached hydrogens (tertiary/aromatic N) is 2. The van der Waals surface area contributed by atoms with Crippen molar-refractivity contribution in [1.29, 1.82) is 0 Å². The number of phenolic OH excluding ortho intramolecular Hbond substituents is 1. The number of nitrogens with one attached hydrogen (secondary N) is 1. The Bertz CT molecular complexity index is 490. The van der Waals surface area contributed by atoms with Gasteiger partial charge in [0.05, 0.1) is 12.8 Å². The van der Waals surface area contributed by atoms with Crippen LogP contribution in [0.25, 0.3) is 0 Å². The summed E-state index contributed by atoms with van der Waals surface area (Å²) in [5.41, 5.74) is 0.561. The molecule has 0 saturated carbocycles. The second-order valence-corrected chi connectivity index (χ2v) is 4.04. The highest BCUT2D eigenvalue weighted by Crippen LogP contribution is 2.26. The molecule has 102 valence electrons. The predicted octanol–water partition coefficient (Wildman–Crippen LogP) is 0.604. The molecule has 1 fully saturated rings. The van der Waals surface area contributed by atoms with Crippen molar-refractivity contribution in [3.8, 4) is 11.5 Å². The summed E-state index contributed by atoms with van der Waals surface area (Å²) in [5.74, 6) is 0.290. The molecule has 0 bridgehead atoms. The first kappa shape index (κ1) is 13.0. The smallest absolute Gasteiger partial charge is 0.317 e. The fraction of sp³-hybridized carbons (Fsp3) is 0.333. The zero-order chi connectivity index (χ0) is 13.7. The molecule has 19 heavy (non-hydrogen) atoms. The number of benzene rings is 1. The SMILES string of the molecule is O=C1NCCN1CCOc1ccc(/C=N/O)cc1O. The molecule has 1 aromatic carbocycles. The van der Waals surface area contributed by atoms with E-state index in [1.807, 2.05) is 0 Å². The number of hydrogen-bond acceptors (Lipinski definition) is 5. The highest BCUT2D eigenvalue weighted by atomic mass is 16.5. The predicted molar refractivity (Wildman–Crippen MR) is 68.0 cm³/mol. The van der Waals surface area contributed by atoms with Crippen molar-refractivity contribution in [1.82, 2.24) is 10.2 Å². The fourth-order valence-electron chi connectivity index (χ4n) is 1.79. The Balaban J connectivity index is 1.87. The quantitative estimate of drug-likeness (QED) is 0.413. The molecule has 0 atom stereocenters. The second kappa shape index (κ2) is 5.94. The van der Waals surface area contributed by atoms with Gasteiger partial charge in [-0.3, -0.25) is 0 Å². The lowest BCUT2D eigenvalue weighted by molar-refractivity contribution is 0.201. The molecule has 7 heteroatoms. The number of amides is 2. The van der Waals surface area contributed by atoms with Crippen molar-refractivity contribution in [3.63, 3.8) is 0 Å². The Morgan fingerprint density at radius 3 is 3.00 bits per heavy atom. The van der Waals surface area contributed by atoms with E-state index in [0.717, 1.165) is 0 Å². The van der Waals surface area contributed by atoms with Crippen LogP contribution in [0, 0.1) is 0 Å². The number of aromatic hydroxyl groups is 1. The maximum absolute atomic E-state index is 11.3. The summed E-state index contributed by atoms with van der Waals surface area (Å²) in [4.78, 5) is 12.9. The van der Waals surface area contributed by atoms with Gasteiger partial charge in [0.15, 0.2) is 11.5 Å². The van der Waals surface area contributed by atoms with Crippen molar-refractivity contribution in [2.75, 3.05) is 26.2 Å². The summed E-state index contributed by atoms with van der Waals surface area (Å²) in [6.07, 6.45) is 1.21. The van der Waals surface area contributed by atoms with Gasteiger partial charge in [0, 0.05) is 13.1 Å². The van der Waals surface area contributed by atoms with Gasteiger partial charge in [0.2, 0.25) is 0 Å². The maximum Gasteiger partial charge on any atom is 0.317 e. The van der Waals surface area contributed by atoms with E-state index in [9.17, 15) is 9.90 Å². The van der Waals surface area contributed by atoms with E-state index in [4.69, 9.17) is 9.94 Å². The molecule has 7 nitrogen and oxygen atoms in total. The molecule has 1 heterocycles. The van der Waals surface area contributed by atoms with Gasteiger partial charge in [-0.15, -0.1) is 0 Å². The number of carbonyl (C=O) groups excluding carboxylic acids is 1. The van der Waals surface area contributed by atoms with Gasteiger partial charge in [-0.05, 0) is 23.8 Å². The van der Waals surface area contributed by atoms with E-state index in [0.29, 0.717) is 37.6 Å². The lowest BCUT2D eigenvalue weighted by Crippen LogP contribution is -2.31. The summed E-state index contributed by atoms with van der Waals surface area (Å²) >= 11 is 0. The molecule has 0 aromatic heterocycles. The summed E-state index contributed by atoms with van der Waals surface area (Å²) < 4.78 is 5.40. The molecule has 1 aromatic rings. The monoisotopic (exact) mass is 265 g/mol. The van der Waals surface area contributed by atoms with Crippen LogP contribution in [0.4, 0.5) is 4.79 Å². The van der Waals surface area contributed by atoms with Gasteiger partial charge in [0.1, 0.15) is 6.61 Å². The van der Waals surface area contributed by atoms with Crippen LogP contribution < -0.4 is 10.1 Å². The van der Waals surface area contributed by atoms with E-state index in [1.54, 1.807) is 17.0 Å². The molecule has 0 aliphatic carbocycles. The van der Waals surface area contributed by atoms with Crippen LogP contribution in [-0.4, -0.2) is 53.7 Å². The first-order valence-electron chi connectivity index (χ1n) is 5.87. The summed E-state index contributed by atoms with van der Waals surface area (Å²) in [7, 11) is 0. The average Bonchev–Trinajstić information content (AvgIpc) is 2.78. The Hall–Kier alpha value is -2.44. The molecular weight excluding hydrogens is 250 g/mol. The number of phenols is 1. The standard InChI is InChI=1S/C12H15N3O4/c16-10-7-9(8-14-18)1-2-11(10)19-6-5-15-4-3-13-12(15)17/h1-2,7-8,16,18H,3-6H2,(H,13,17)/b14-8+. The van der Waals surface area contributed by atoms with Gasteiger partial charge in [-0.1, -0.05) is 5.16 Å². The third-order valence-corrected chi connectivity index (χ3v) is 2.75. The molecular formula is C12H15N3O4. The largest absolute Gasteiger partial charge is 0.504 e.